The second kappa shape index (κ2) is 12.5. The van der Waals surface area contributed by atoms with Crippen LogP contribution in [0.1, 0.15) is 50.2 Å². The smallest absolute Gasteiger partial charge is 0.191 e. The van der Waals surface area contributed by atoms with Crippen LogP contribution >= 0.6 is 24.0 Å². The van der Waals surface area contributed by atoms with Gasteiger partial charge in [-0.2, -0.15) is 0 Å². The summed E-state index contributed by atoms with van der Waals surface area (Å²) in [5.41, 5.74) is 2.25. The van der Waals surface area contributed by atoms with Gasteiger partial charge in [-0.15, -0.1) is 24.0 Å². The van der Waals surface area contributed by atoms with Crippen molar-refractivity contribution in [1.82, 2.24) is 10.6 Å². The predicted octanol–water partition coefficient (Wildman–Crippen LogP) is 3.42. The Morgan fingerprint density at radius 3 is 2.61 bits per heavy atom. The highest BCUT2D eigenvalue weighted by Crippen LogP contribution is 2.28. The van der Waals surface area contributed by atoms with E-state index in [-0.39, 0.29) is 29.7 Å². The highest BCUT2D eigenvalue weighted by atomic mass is 127. The number of guanidine groups is 1. The Labute approximate surface area is 186 Å². The molecule has 1 aliphatic carbocycles. The molecule has 1 saturated carbocycles. The van der Waals surface area contributed by atoms with Gasteiger partial charge in [-0.25, -0.2) is 13.4 Å². The van der Waals surface area contributed by atoms with Gasteiger partial charge in [0.15, 0.2) is 5.96 Å². The van der Waals surface area contributed by atoms with Gasteiger partial charge in [0.05, 0.1) is 18.4 Å². The van der Waals surface area contributed by atoms with Crippen molar-refractivity contribution in [2.24, 2.45) is 4.99 Å². The van der Waals surface area contributed by atoms with E-state index in [1.807, 2.05) is 6.92 Å². The first kappa shape index (κ1) is 25.0. The van der Waals surface area contributed by atoms with E-state index >= 15 is 0 Å². The highest BCUT2D eigenvalue weighted by Gasteiger charge is 2.18. The predicted molar refractivity (Wildman–Crippen MR) is 127 cm³/mol. The number of rotatable bonds is 9. The maximum absolute atomic E-state index is 11.2. The number of halogens is 1. The van der Waals surface area contributed by atoms with Gasteiger partial charge in [-0.05, 0) is 57.6 Å². The number of benzene rings is 1. The lowest BCUT2D eigenvalue weighted by atomic mass is 10.1. The van der Waals surface area contributed by atoms with Crippen LogP contribution < -0.4 is 15.4 Å². The summed E-state index contributed by atoms with van der Waals surface area (Å²) in [6, 6.07) is 6.25. The van der Waals surface area contributed by atoms with Crippen molar-refractivity contribution in [3.63, 3.8) is 0 Å². The monoisotopic (exact) mass is 523 g/mol. The number of hydrogen-bond donors (Lipinski definition) is 2. The lowest BCUT2D eigenvalue weighted by molar-refractivity contribution is 0.208. The number of aryl methyl sites for hydroxylation is 1. The molecule has 8 heteroatoms. The lowest BCUT2D eigenvalue weighted by Gasteiger charge is -2.17. The minimum Gasteiger partial charge on any atom is -0.490 e. The average Bonchev–Trinajstić information content (AvgIpc) is 3.10. The Kier molecular flexibility index (Phi) is 11.2. The Morgan fingerprint density at radius 2 is 1.96 bits per heavy atom. The number of nitrogens with zero attached hydrogens (tertiary/aromatic N) is 1. The molecule has 0 amide bonds. The standard InChI is InChI=1S/C20H33N3O3S.HI/c1-4-21-20(22-12-7-13-27(3,24)25)23-15-17-11-10-16(2)14-19(17)26-18-8-5-6-9-18;/h10-11,14,18H,4-9,12-13,15H2,1-3H3,(H2,21,22,23);1H. The van der Waals surface area contributed by atoms with E-state index in [2.05, 4.69) is 40.7 Å². The molecule has 28 heavy (non-hydrogen) atoms. The molecule has 0 heterocycles. The van der Waals surface area contributed by atoms with Crippen LogP contribution in [0.3, 0.4) is 0 Å². The third kappa shape index (κ3) is 9.45. The van der Waals surface area contributed by atoms with Crippen molar-refractivity contribution in [2.75, 3.05) is 25.1 Å². The SMILES string of the molecule is CCNC(=NCc1ccc(C)cc1OC1CCCC1)NCCCS(C)(=O)=O.I. The minimum atomic E-state index is -2.93. The van der Waals surface area contributed by atoms with E-state index in [9.17, 15) is 8.42 Å². The summed E-state index contributed by atoms with van der Waals surface area (Å²) in [6.45, 7) is 5.91. The summed E-state index contributed by atoms with van der Waals surface area (Å²) in [5.74, 6) is 1.80. The van der Waals surface area contributed by atoms with Gasteiger partial charge in [0, 0.05) is 24.9 Å². The number of nitrogens with one attached hydrogen (secondary N) is 2. The van der Waals surface area contributed by atoms with Gasteiger partial charge >= 0.3 is 0 Å². The fourth-order valence-electron chi connectivity index (χ4n) is 3.13. The van der Waals surface area contributed by atoms with Crippen LogP contribution in [0.15, 0.2) is 23.2 Å². The topological polar surface area (TPSA) is 79.8 Å². The van der Waals surface area contributed by atoms with Crippen LogP contribution in [-0.2, 0) is 16.4 Å². The summed E-state index contributed by atoms with van der Waals surface area (Å²) in [5, 5.41) is 6.40. The molecule has 6 nitrogen and oxygen atoms in total. The summed E-state index contributed by atoms with van der Waals surface area (Å²) < 4.78 is 28.7. The third-order valence-corrected chi connectivity index (χ3v) is 5.58. The normalized spacial score (nSPS) is 15.2. The van der Waals surface area contributed by atoms with E-state index in [1.165, 1.54) is 24.7 Å². The maximum Gasteiger partial charge on any atom is 0.191 e. The van der Waals surface area contributed by atoms with E-state index < -0.39 is 9.84 Å². The molecule has 0 radical (unpaired) electrons. The first-order valence-corrected chi connectivity index (χ1v) is 11.9. The van der Waals surface area contributed by atoms with Crippen molar-refractivity contribution in [2.45, 2.75) is 58.6 Å². The van der Waals surface area contributed by atoms with Crippen molar-refractivity contribution in [3.8, 4) is 5.75 Å². The maximum atomic E-state index is 11.2. The molecule has 0 unspecified atom stereocenters. The second-order valence-electron chi connectivity index (χ2n) is 7.24. The van der Waals surface area contributed by atoms with Crippen molar-refractivity contribution >= 4 is 39.8 Å². The minimum absolute atomic E-state index is 0. The van der Waals surface area contributed by atoms with E-state index in [0.717, 1.165) is 30.7 Å². The third-order valence-electron chi connectivity index (χ3n) is 4.55. The average molecular weight is 523 g/mol. The molecule has 2 N–H and O–H groups in total. The number of aliphatic imine (C=N–C) groups is 1. The largest absolute Gasteiger partial charge is 0.490 e. The molecule has 1 fully saturated rings. The lowest BCUT2D eigenvalue weighted by Crippen LogP contribution is -2.38. The Hall–Kier alpha value is -1.03. The number of hydrogen-bond acceptors (Lipinski definition) is 4. The zero-order valence-electron chi connectivity index (χ0n) is 17.2. The molecular weight excluding hydrogens is 489 g/mol. The van der Waals surface area contributed by atoms with E-state index in [0.29, 0.717) is 31.6 Å². The first-order chi connectivity index (χ1) is 12.9. The zero-order valence-corrected chi connectivity index (χ0v) is 20.3. The van der Waals surface area contributed by atoms with Crippen molar-refractivity contribution in [1.29, 1.82) is 0 Å². The Morgan fingerprint density at radius 1 is 1.25 bits per heavy atom. The Bertz CT molecular complexity index is 732. The van der Waals surface area contributed by atoms with Gasteiger partial charge < -0.3 is 15.4 Å². The summed E-state index contributed by atoms with van der Waals surface area (Å²) in [7, 11) is -2.93. The van der Waals surface area contributed by atoms with Gasteiger partial charge in [0.1, 0.15) is 15.6 Å². The Balaban J connectivity index is 0.00000392. The van der Waals surface area contributed by atoms with Crippen LogP contribution in [0.2, 0.25) is 0 Å². The molecule has 160 valence electrons. The summed E-state index contributed by atoms with van der Waals surface area (Å²) in [6.07, 6.45) is 6.87. The molecule has 0 spiro atoms. The molecule has 0 saturated heterocycles. The molecule has 0 bridgehead atoms. The summed E-state index contributed by atoms with van der Waals surface area (Å²) >= 11 is 0. The molecule has 0 aliphatic heterocycles. The second-order valence-corrected chi connectivity index (χ2v) is 9.50. The van der Waals surface area contributed by atoms with Crippen molar-refractivity contribution in [3.05, 3.63) is 29.3 Å². The molecular formula is C20H34IN3O3S. The number of ether oxygens (including phenoxy) is 1. The van der Waals surface area contributed by atoms with E-state index in [1.54, 1.807) is 0 Å². The number of sulfone groups is 1. The van der Waals surface area contributed by atoms with Crippen molar-refractivity contribution < 1.29 is 13.2 Å². The van der Waals surface area contributed by atoms with Gasteiger partial charge in [-0.3, -0.25) is 0 Å². The first-order valence-electron chi connectivity index (χ1n) is 9.83. The van der Waals surface area contributed by atoms with Crippen LogP contribution in [0.4, 0.5) is 0 Å². The van der Waals surface area contributed by atoms with Gasteiger partial charge in [-0.1, -0.05) is 12.1 Å². The fraction of sp³-hybridized carbons (Fsp3) is 0.650. The molecule has 0 aromatic heterocycles. The van der Waals surface area contributed by atoms with Gasteiger partial charge in [0.2, 0.25) is 0 Å². The van der Waals surface area contributed by atoms with Crippen LogP contribution in [0, 0.1) is 6.92 Å². The van der Waals surface area contributed by atoms with Crippen LogP contribution in [-0.4, -0.2) is 45.6 Å². The molecule has 0 atom stereocenters. The molecule has 2 rings (SSSR count). The molecule has 1 aromatic carbocycles. The van der Waals surface area contributed by atoms with E-state index in [4.69, 9.17) is 4.74 Å². The zero-order chi connectivity index (χ0) is 19.7. The fourth-order valence-corrected chi connectivity index (χ4v) is 3.80. The molecule has 1 aromatic rings. The van der Waals surface area contributed by atoms with Crippen LogP contribution in [0.25, 0.3) is 0 Å². The molecule has 1 aliphatic rings. The highest BCUT2D eigenvalue weighted by molar-refractivity contribution is 14.0. The van der Waals surface area contributed by atoms with Gasteiger partial charge in [0.25, 0.3) is 0 Å². The summed E-state index contributed by atoms with van der Waals surface area (Å²) in [4.78, 5) is 4.65. The van der Waals surface area contributed by atoms with Crippen LogP contribution in [0.5, 0.6) is 5.75 Å². The quantitative estimate of drug-likeness (QED) is 0.225.